The molecule has 5 aliphatic heterocycles. The lowest BCUT2D eigenvalue weighted by molar-refractivity contribution is -0.126. The van der Waals surface area contributed by atoms with Gasteiger partial charge in [0.25, 0.3) is 5.91 Å². The molecule has 1 unspecified atom stereocenters. The Labute approximate surface area is 367 Å². The molecular formula is C46H46F3N9O5S. The number of hydrogen-bond acceptors (Lipinski definition) is 9. The number of allylic oxidation sites excluding steroid dienone is 1. The lowest BCUT2D eigenvalue weighted by Gasteiger charge is -2.45. The minimum Gasteiger partial charge on any atom is -0.371 e. The number of H-pyrrole nitrogens is 1. The van der Waals surface area contributed by atoms with Gasteiger partial charge in [-0.15, -0.1) is 0 Å². The van der Waals surface area contributed by atoms with E-state index >= 15 is 8.78 Å². The van der Waals surface area contributed by atoms with Crippen molar-refractivity contribution in [2.75, 3.05) is 73.4 Å². The van der Waals surface area contributed by atoms with Crippen LogP contribution in [0.1, 0.15) is 51.1 Å². The molecule has 3 N–H and O–H groups in total. The van der Waals surface area contributed by atoms with E-state index in [4.69, 9.17) is 0 Å². The van der Waals surface area contributed by atoms with Crippen molar-refractivity contribution in [1.82, 2.24) is 29.4 Å². The summed E-state index contributed by atoms with van der Waals surface area (Å²) in [5.41, 5.74) is 4.75. The first-order valence-electron chi connectivity index (χ1n) is 21.5. The van der Waals surface area contributed by atoms with Gasteiger partial charge in [0.1, 0.15) is 23.7 Å². The van der Waals surface area contributed by atoms with Gasteiger partial charge in [0.05, 0.1) is 11.3 Å². The highest BCUT2D eigenvalue weighted by molar-refractivity contribution is 7.90. The molecule has 10 rings (SSSR count). The summed E-state index contributed by atoms with van der Waals surface area (Å²) in [7, 11) is -4.35. The SMILES string of the molecule is C=C1CCC(N2Cc3cc(N4CC(CN5CCN(c6ccc(-c7cnc8[nH]cc(C(=O)c9c(F)ccc(NS(=O)(=O)N%10CC[C@@H](F)C%10)c9F)c8c7)cc6)CC5)C4)ccc3C2=O)C(=O)N1. The molecule has 4 saturated heterocycles. The summed E-state index contributed by atoms with van der Waals surface area (Å²) in [6, 6.07) is 17.0. The maximum Gasteiger partial charge on any atom is 0.301 e. The molecule has 332 valence electrons. The zero-order chi connectivity index (χ0) is 44.4. The lowest BCUT2D eigenvalue weighted by Crippen LogP contribution is -2.55. The van der Waals surface area contributed by atoms with Crippen molar-refractivity contribution in [2.24, 2.45) is 5.92 Å². The molecule has 0 aliphatic carbocycles. The van der Waals surface area contributed by atoms with E-state index in [2.05, 4.69) is 42.6 Å². The van der Waals surface area contributed by atoms with Gasteiger partial charge >= 0.3 is 10.2 Å². The Morgan fingerprint density at radius 1 is 0.891 bits per heavy atom. The summed E-state index contributed by atoms with van der Waals surface area (Å²) in [6.07, 6.45) is 2.88. The van der Waals surface area contributed by atoms with Crippen molar-refractivity contribution < 1.29 is 36.0 Å². The zero-order valence-electron chi connectivity index (χ0n) is 34.8. The molecule has 4 fully saturated rings. The smallest absolute Gasteiger partial charge is 0.301 e. The Balaban J connectivity index is 0.738. The van der Waals surface area contributed by atoms with Crippen LogP contribution >= 0.6 is 0 Å². The second-order valence-corrected chi connectivity index (χ2v) is 19.0. The van der Waals surface area contributed by atoms with Crippen molar-refractivity contribution >= 4 is 55.9 Å². The second-order valence-electron chi connectivity index (χ2n) is 17.3. The third kappa shape index (κ3) is 7.76. The average molecular weight is 894 g/mol. The Hall–Kier alpha value is -6.24. The van der Waals surface area contributed by atoms with Gasteiger partial charge in [-0.3, -0.25) is 24.0 Å². The second kappa shape index (κ2) is 16.4. The van der Waals surface area contributed by atoms with E-state index in [9.17, 15) is 27.2 Å². The van der Waals surface area contributed by atoms with Crippen LogP contribution in [0, 0.1) is 17.6 Å². The van der Waals surface area contributed by atoms with Gasteiger partial charge in [0.2, 0.25) is 11.7 Å². The number of piperazine rings is 1. The molecule has 2 aromatic heterocycles. The number of aromatic amines is 1. The third-order valence-corrected chi connectivity index (χ3v) is 14.7. The maximum absolute atomic E-state index is 15.8. The Kier molecular flexibility index (Phi) is 10.7. The molecule has 14 nitrogen and oxygen atoms in total. The summed E-state index contributed by atoms with van der Waals surface area (Å²) < 4.78 is 73.1. The van der Waals surface area contributed by atoms with Crippen LogP contribution in [0.4, 0.5) is 30.2 Å². The van der Waals surface area contributed by atoms with E-state index in [0.717, 1.165) is 84.8 Å². The number of amides is 2. The van der Waals surface area contributed by atoms with Crippen molar-refractivity contribution in [1.29, 1.82) is 0 Å². The molecule has 64 heavy (non-hydrogen) atoms. The van der Waals surface area contributed by atoms with Crippen LogP contribution in [-0.2, 0) is 21.5 Å². The first-order valence-corrected chi connectivity index (χ1v) is 22.9. The third-order valence-electron chi connectivity index (χ3n) is 13.2. The highest BCUT2D eigenvalue weighted by Crippen LogP contribution is 2.35. The van der Waals surface area contributed by atoms with Crippen LogP contribution < -0.4 is 19.8 Å². The number of rotatable bonds is 11. The van der Waals surface area contributed by atoms with Gasteiger partial charge < -0.3 is 25.0 Å². The minimum absolute atomic E-state index is 0.00546. The highest BCUT2D eigenvalue weighted by Gasteiger charge is 2.39. The largest absolute Gasteiger partial charge is 0.371 e. The molecule has 0 spiro atoms. The van der Waals surface area contributed by atoms with Gasteiger partial charge in [-0.1, -0.05) is 18.7 Å². The van der Waals surface area contributed by atoms with Crippen LogP contribution in [0.25, 0.3) is 22.2 Å². The number of aromatic nitrogens is 2. The normalized spacial score (nSPS) is 21.1. The van der Waals surface area contributed by atoms with Gasteiger partial charge in [-0.05, 0) is 78.9 Å². The summed E-state index contributed by atoms with van der Waals surface area (Å²) in [4.78, 5) is 55.8. The van der Waals surface area contributed by atoms with Crippen molar-refractivity contribution in [3.63, 3.8) is 0 Å². The molecule has 0 bridgehead atoms. The van der Waals surface area contributed by atoms with Gasteiger partial charge in [0, 0.05) is 123 Å². The molecule has 5 aliphatic rings. The van der Waals surface area contributed by atoms with Crippen molar-refractivity contribution in [3.05, 3.63) is 119 Å². The number of nitrogens with zero attached hydrogens (tertiary/aromatic N) is 6. The fourth-order valence-electron chi connectivity index (χ4n) is 9.58. The predicted molar refractivity (Wildman–Crippen MR) is 236 cm³/mol. The van der Waals surface area contributed by atoms with Crippen LogP contribution in [-0.4, -0.2) is 121 Å². The van der Waals surface area contributed by atoms with E-state index in [1.807, 2.05) is 41.1 Å². The van der Waals surface area contributed by atoms with E-state index in [0.29, 0.717) is 53.2 Å². The van der Waals surface area contributed by atoms with Gasteiger partial charge in [-0.2, -0.15) is 12.7 Å². The molecule has 3 aromatic carbocycles. The number of benzene rings is 3. The summed E-state index contributed by atoms with van der Waals surface area (Å²) in [5.74, 6) is -3.26. The molecular weight excluding hydrogens is 848 g/mol. The lowest BCUT2D eigenvalue weighted by atomic mass is 9.97. The van der Waals surface area contributed by atoms with E-state index in [1.54, 1.807) is 17.2 Å². The molecule has 5 aromatic rings. The van der Waals surface area contributed by atoms with Crippen LogP contribution in [0.2, 0.25) is 0 Å². The number of halogens is 3. The molecule has 7 heterocycles. The van der Waals surface area contributed by atoms with Crippen LogP contribution in [0.15, 0.2) is 85.3 Å². The van der Waals surface area contributed by atoms with Crippen molar-refractivity contribution in [2.45, 2.75) is 38.0 Å². The van der Waals surface area contributed by atoms with Gasteiger partial charge in [0.15, 0.2) is 5.82 Å². The number of fused-ring (bicyclic) bond motifs is 2. The standard InChI is InChI=1S/C46H46F3N9O5S/c1-27-2-11-40(45(60)52-27)58-25-31-18-34(7-8-35(31)46(58)61)56-23-28(24-56)22-54-14-16-55(17-15-54)33-5-3-29(4-6-33)30-19-36-37(21-51-44(36)50-20-30)43(59)41-38(48)9-10-39(42(41)49)53-64(62,63)57-13-12-32(47)26-57/h3-10,18-21,28,32,40,53H,1-2,11-17,22-26H2,(H,50,51)(H,52,60)/t32-,40?/m1/s1. The predicted octanol–water partition coefficient (Wildman–Crippen LogP) is 5.45. The molecule has 18 heteroatoms. The van der Waals surface area contributed by atoms with E-state index < -0.39 is 51.1 Å². The quantitative estimate of drug-likeness (QED) is 0.147. The number of carbonyl (C=O) groups excluding carboxylic acids is 3. The summed E-state index contributed by atoms with van der Waals surface area (Å²) in [5, 5.41) is 3.13. The zero-order valence-corrected chi connectivity index (χ0v) is 35.6. The number of alkyl halides is 1. The van der Waals surface area contributed by atoms with Crippen molar-refractivity contribution in [3.8, 4) is 11.1 Å². The molecule has 0 radical (unpaired) electrons. The Morgan fingerprint density at radius 2 is 1.66 bits per heavy atom. The fraction of sp³-hybridized carbons (Fsp3) is 0.348. The number of carbonyl (C=O) groups is 3. The highest BCUT2D eigenvalue weighted by atomic mass is 32.2. The monoisotopic (exact) mass is 893 g/mol. The maximum atomic E-state index is 15.8. The van der Waals surface area contributed by atoms with Crippen LogP contribution in [0.5, 0.6) is 0 Å². The number of pyridine rings is 1. The van der Waals surface area contributed by atoms with E-state index in [-0.39, 0.29) is 36.9 Å². The molecule has 0 saturated carbocycles. The molecule has 2 amide bonds. The first-order chi connectivity index (χ1) is 30.8. The first kappa shape index (κ1) is 41.8. The van der Waals surface area contributed by atoms with Crippen LogP contribution in [0.3, 0.4) is 0 Å². The summed E-state index contributed by atoms with van der Waals surface area (Å²) >= 11 is 0. The minimum atomic E-state index is -4.35. The topological polar surface area (TPSA) is 154 Å². The summed E-state index contributed by atoms with van der Waals surface area (Å²) in [6.45, 7) is 10.3. The average Bonchev–Trinajstić information content (AvgIpc) is 4.00. The number of piperidine rings is 1. The Bertz CT molecular complexity index is 2820. The number of nitrogens with one attached hydrogen (secondary N) is 3. The fourth-order valence-corrected chi connectivity index (χ4v) is 10.9. The number of hydrogen-bond donors (Lipinski definition) is 3. The van der Waals surface area contributed by atoms with Gasteiger partial charge in [-0.25, -0.2) is 18.2 Å². The Morgan fingerprint density at radius 3 is 2.39 bits per heavy atom. The molecule has 2 atom stereocenters. The number of ketones is 1. The van der Waals surface area contributed by atoms with E-state index in [1.165, 1.54) is 6.20 Å². The number of anilines is 3.